The minimum absolute atomic E-state index is 0.424. The number of hydrogen-bond acceptors (Lipinski definition) is 2. The maximum atomic E-state index is 10.1. The Morgan fingerprint density at radius 2 is 1.94 bits per heavy atom. The average molecular weight is 322 g/mol. The summed E-state index contributed by atoms with van der Waals surface area (Å²) in [5, 5.41) is 11.1. The van der Waals surface area contributed by atoms with Gasteiger partial charge in [0, 0.05) is 21.2 Å². The molecule has 1 atom stereocenters. The zero-order valence-corrected chi connectivity index (χ0v) is 11.1. The molecule has 0 aliphatic carbocycles. The molecule has 1 heterocycles. The Hall–Kier alpha value is -0.480. The smallest absolute Gasteiger partial charge is 0.175 e. The lowest BCUT2D eigenvalue weighted by atomic mass is 10.0. The highest BCUT2D eigenvalue weighted by Crippen LogP contribution is 2.34. The van der Waals surface area contributed by atoms with Crippen molar-refractivity contribution in [3.8, 4) is 0 Å². The fourth-order valence-corrected chi connectivity index (χ4v) is 2.36. The highest BCUT2D eigenvalue weighted by molar-refractivity contribution is 9.10. The standard InChI is InChI=1S/C11H7BrCl2O2/c12-11-8(3-4-16-11)10(15)7-2-1-6(13)5-9(7)14/h1-5,10,15H. The quantitative estimate of drug-likeness (QED) is 0.887. The van der Waals surface area contributed by atoms with E-state index in [0.717, 1.165) is 0 Å². The average Bonchev–Trinajstić information content (AvgIpc) is 2.63. The van der Waals surface area contributed by atoms with Crippen molar-refractivity contribution >= 4 is 39.1 Å². The number of rotatable bonds is 2. The van der Waals surface area contributed by atoms with Gasteiger partial charge in [0.1, 0.15) is 6.10 Å². The van der Waals surface area contributed by atoms with Crippen molar-refractivity contribution in [1.29, 1.82) is 0 Å². The summed E-state index contributed by atoms with van der Waals surface area (Å²) in [6, 6.07) is 6.64. The SMILES string of the molecule is OC(c1ccc(Cl)cc1Cl)c1ccoc1Br. The molecule has 16 heavy (non-hydrogen) atoms. The van der Waals surface area contributed by atoms with Crippen LogP contribution >= 0.6 is 39.1 Å². The molecular weight excluding hydrogens is 315 g/mol. The van der Waals surface area contributed by atoms with E-state index in [9.17, 15) is 5.11 Å². The molecule has 0 saturated carbocycles. The Labute approximate surface area is 111 Å². The summed E-state index contributed by atoms with van der Waals surface area (Å²) in [6.45, 7) is 0. The first-order valence-electron chi connectivity index (χ1n) is 4.45. The van der Waals surface area contributed by atoms with E-state index in [1.165, 1.54) is 6.26 Å². The molecule has 2 nitrogen and oxygen atoms in total. The van der Waals surface area contributed by atoms with Crippen LogP contribution in [0.5, 0.6) is 0 Å². The van der Waals surface area contributed by atoms with E-state index < -0.39 is 6.10 Å². The molecule has 0 amide bonds. The lowest BCUT2D eigenvalue weighted by molar-refractivity contribution is 0.218. The van der Waals surface area contributed by atoms with Gasteiger partial charge >= 0.3 is 0 Å². The van der Waals surface area contributed by atoms with Crippen LogP contribution in [0.25, 0.3) is 0 Å². The number of furan rings is 1. The van der Waals surface area contributed by atoms with E-state index in [1.54, 1.807) is 24.3 Å². The van der Waals surface area contributed by atoms with Crippen molar-refractivity contribution < 1.29 is 9.52 Å². The summed E-state index contributed by atoms with van der Waals surface area (Å²) in [6.07, 6.45) is 0.657. The summed E-state index contributed by atoms with van der Waals surface area (Å²) in [5.41, 5.74) is 1.22. The van der Waals surface area contributed by atoms with E-state index >= 15 is 0 Å². The third-order valence-corrected chi connectivity index (χ3v) is 3.40. The highest BCUT2D eigenvalue weighted by atomic mass is 79.9. The predicted molar refractivity (Wildman–Crippen MR) is 66.9 cm³/mol. The Morgan fingerprint density at radius 1 is 1.19 bits per heavy atom. The minimum atomic E-state index is -0.835. The van der Waals surface area contributed by atoms with Crippen molar-refractivity contribution in [1.82, 2.24) is 0 Å². The van der Waals surface area contributed by atoms with Gasteiger partial charge in [0.05, 0.1) is 6.26 Å². The first-order chi connectivity index (χ1) is 7.59. The van der Waals surface area contributed by atoms with Crippen LogP contribution < -0.4 is 0 Å². The van der Waals surface area contributed by atoms with E-state index in [2.05, 4.69) is 15.9 Å². The molecular formula is C11H7BrCl2O2. The van der Waals surface area contributed by atoms with E-state index in [0.29, 0.717) is 25.8 Å². The molecule has 2 aromatic rings. The van der Waals surface area contributed by atoms with Crippen LogP contribution in [-0.4, -0.2) is 5.11 Å². The third kappa shape index (κ3) is 2.28. The van der Waals surface area contributed by atoms with Gasteiger partial charge in [-0.05, 0) is 34.1 Å². The third-order valence-electron chi connectivity index (χ3n) is 2.20. The zero-order chi connectivity index (χ0) is 11.7. The van der Waals surface area contributed by atoms with Crippen LogP contribution in [0.15, 0.2) is 39.6 Å². The Kier molecular flexibility index (Phi) is 3.60. The zero-order valence-electron chi connectivity index (χ0n) is 7.95. The van der Waals surface area contributed by atoms with Gasteiger partial charge in [-0.1, -0.05) is 29.3 Å². The largest absolute Gasteiger partial charge is 0.457 e. The fourth-order valence-electron chi connectivity index (χ4n) is 1.39. The molecule has 0 aliphatic heterocycles. The molecule has 84 valence electrons. The van der Waals surface area contributed by atoms with Crippen molar-refractivity contribution in [2.24, 2.45) is 0 Å². The molecule has 5 heteroatoms. The second kappa shape index (κ2) is 4.80. The van der Waals surface area contributed by atoms with Crippen molar-refractivity contribution in [2.75, 3.05) is 0 Å². The van der Waals surface area contributed by atoms with Gasteiger partial charge in [-0.25, -0.2) is 0 Å². The maximum Gasteiger partial charge on any atom is 0.175 e. The second-order valence-electron chi connectivity index (χ2n) is 3.22. The molecule has 0 saturated heterocycles. The number of hydrogen-bond donors (Lipinski definition) is 1. The summed E-state index contributed by atoms with van der Waals surface area (Å²) in [7, 11) is 0. The van der Waals surface area contributed by atoms with E-state index in [1.807, 2.05) is 0 Å². The van der Waals surface area contributed by atoms with Crippen LogP contribution in [-0.2, 0) is 0 Å². The maximum absolute atomic E-state index is 10.1. The Bertz CT molecular complexity index is 510. The molecule has 0 aliphatic rings. The van der Waals surface area contributed by atoms with E-state index in [-0.39, 0.29) is 0 Å². The molecule has 0 bridgehead atoms. The molecule has 0 fully saturated rings. The number of aliphatic hydroxyl groups excluding tert-OH is 1. The van der Waals surface area contributed by atoms with Crippen LogP contribution in [0.3, 0.4) is 0 Å². The van der Waals surface area contributed by atoms with Crippen LogP contribution in [0.1, 0.15) is 17.2 Å². The summed E-state index contributed by atoms with van der Waals surface area (Å²) < 4.78 is 5.55. The number of halogens is 3. The van der Waals surface area contributed by atoms with Crippen molar-refractivity contribution in [2.45, 2.75) is 6.10 Å². The van der Waals surface area contributed by atoms with Crippen LogP contribution in [0.2, 0.25) is 10.0 Å². The first kappa shape index (κ1) is 12.0. The normalized spacial score (nSPS) is 12.8. The van der Waals surface area contributed by atoms with Crippen molar-refractivity contribution in [3.05, 3.63) is 56.4 Å². The predicted octanol–water partition coefficient (Wildman–Crippen LogP) is 4.43. The van der Waals surface area contributed by atoms with E-state index in [4.69, 9.17) is 27.6 Å². The van der Waals surface area contributed by atoms with Crippen molar-refractivity contribution in [3.63, 3.8) is 0 Å². The molecule has 1 aromatic heterocycles. The highest BCUT2D eigenvalue weighted by Gasteiger charge is 2.18. The van der Waals surface area contributed by atoms with Gasteiger partial charge in [0.15, 0.2) is 4.67 Å². The minimum Gasteiger partial charge on any atom is -0.457 e. The Balaban J connectivity index is 2.41. The topological polar surface area (TPSA) is 33.4 Å². The summed E-state index contributed by atoms with van der Waals surface area (Å²) >= 11 is 15.0. The first-order valence-corrected chi connectivity index (χ1v) is 6.00. The molecule has 0 spiro atoms. The van der Waals surface area contributed by atoms with Gasteiger partial charge in [0.2, 0.25) is 0 Å². The molecule has 1 unspecified atom stereocenters. The van der Waals surface area contributed by atoms with Gasteiger partial charge in [-0.15, -0.1) is 0 Å². The van der Waals surface area contributed by atoms with Gasteiger partial charge in [0.25, 0.3) is 0 Å². The van der Waals surface area contributed by atoms with Gasteiger partial charge in [-0.3, -0.25) is 0 Å². The van der Waals surface area contributed by atoms with Crippen LogP contribution in [0, 0.1) is 0 Å². The number of aliphatic hydroxyl groups is 1. The lowest BCUT2D eigenvalue weighted by Gasteiger charge is -2.11. The lowest BCUT2D eigenvalue weighted by Crippen LogP contribution is -1.99. The molecule has 1 N–H and O–H groups in total. The molecule has 2 rings (SSSR count). The summed E-state index contributed by atoms with van der Waals surface area (Å²) in [4.78, 5) is 0. The number of benzene rings is 1. The summed E-state index contributed by atoms with van der Waals surface area (Å²) in [5.74, 6) is 0. The van der Waals surface area contributed by atoms with Crippen LogP contribution in [0.4, 0.5) is 0 Å². The molecule has 0 radical (unpaired) electrons. The van der Waals surface area contributed by atoms with Gasteiger partial charge < -0.3 is 9.52 Å². The molecule has 1 aromatic carbocycles. The monoisotopic (exact) mass is 320 g/mol. The Morgan fingerprint density at radius 3 is 2.50 bits per heavy atom. The van der Waals surface area contributed by atoms with Gasteiger partial charge in [-0.2, -0.15) is 0 Å². The second-order valence-corrected chi connectivity index (χ2v) is 4.78. The fraction of sp³-hybridized carbons (Fsp3) is 0.0909.